The third kappa shape index (κ3) is 7.60. The average molecular weight is 327 g/mol. The van der Waals surface area contributed by atoms with Crippen LogP contribution in [0.4, 0.5) is 0 Å². The second kappa shape index (κ2) is 9.54. The molecule has 0 atom stereocenters. The molecule has 0 amide bonds. The molecule has 0 aliphatic carbocycles. The zero-order valence-corrected chi connectivity index (χ0v) is 16.1. The molecule has 1 aromatic rings. The van der Waals surface area contributed by atoms with E-state index in [-0.39, 0.29) is 32.7 Å². The molecule has 0 aliphatic heterocycles. The number of benzene rings is 1. The van der Waals surface area contributed by atoms with Gasteiger partial charge in [-0.2, -0.15) is 24.6 Å². The Kier molecular flexibility index (Phi) is 11.2. The fourth-order valence-corrected chi connectivity index (χ4v) is 4.91. The molecular weight excluding hydrogens is 300 g/mol. The summed E-state index contributed by atoms with van der Waals surface area (Å²) in [5, 5.41) is 1.53. The van der Waals surface area contributed by atoms with Crippen LogP contribution in [0, 0.1) is 12.8 Å². The van der Waals surface area contributed by atoms with Crippen molar-refractivity contribution in [1.29, 1.82) is 0 Å². The molecule has 0 heterocycles. The summed E-state index contributed by atoms with van der Waals surface area (Å²) in [4.78, 5) is 0. The van der Waals surface area contributed by atoms with Gasteiger partial charge < -0.3 is 0 Å². The van der Waals surface area contributed by atoms with Crippen LogP contribution in [0.2, 0.25) is 0 Å². The normalized spacial score (nSPS) is 10.3. The Hall–Kier alpha value is 0.624. The molecule has 1 rings (SSSR count). The van der Waals surface area contributed by atoms with Crippen molar-refractivity contribution in [2.24, 2.45) is 5.92 Å². The minimum Gasteiger partial charge on any atom is -0.199 e. The van der Waals surface area contributed by atoms with Crippen LogP contribution in [-0.4, -0.2) is 19.5 Å². The van der Waals surface area contributed by atoms with Crippen molar-refractivity contribution in [3.05, 3.63) is 36.8 Å². The summed E-state index contributed by atoms with van der Waals surface area (Å²) in [6.45, 7) is 17.4. The monoisotopic (exact) mass is 327 g/mol. The van der Waals surface area contributed by atoms with Crippen LogP contribution < -0.4 is 5.30 Å². The van der Waals surface area contributed by atoms with E-state index in [4.69, 9.17) is 0 Å². The summed E-state index contributed by atoms with van der Waals surface area (Å²) in [6, 6.07) is 8.74. The van der Waals surface area contributed by atoms with Crippen LogP contribution in [0.15, 0.2) is 24.3 Å². The molecule has 1 aromatic carbocycles. The molecule has 0 nitrogen and oxygen atoms in total. The van der Waals surface area contributed by atoms with Gasteiger partial charge in [0.1, 0.15) is 0 Å². The first-order chi connectivity index (χ1) is 7.42. The predicted molar refractivity (Wildman–Crippen MR) is 80.4 cm³/mol. The molecule has 1 radical (unpaired) electrons. The average Bonchev–Trinajstić information content (AvgIpc) is 2.19. The largest absolute Gasteiger partial charge is 0.199 e. The van der Waals surface area contributed by atoms with Crippen molar-refractivity contribution in [2.45, 2.75) is 27.7 Å². The molecular formula is C15H27PY. The van der Waals surface area contributed by atoms with E-state index in [9.17, 15) is 0 Å². The van der Waals surface area contributed by atoms with Gasteiger partial charge in [0.05, 0.1) is 24.8 Å². The maximum atomic E-state index is 3.92. The first kappa shape index (κ1) is 20.0. The SMILES string of the molecule is CC.[CH2-]c1ccc([P+](C)(C)CC(C)C)cc1.[Y]. The van der Waals surface area contributed by atoms with E-state index < -0.39 is 7.26 Å². The fourth-order valence-electron chi connectivity index (χ4n) is 1.92. The third-order valence-electron chi connectivity index (χ3n) is 2.46. The van der Waals surface area contributed by atoms with Gasteiger partial charge in [0.25, 0.3) is 0 Å². The summed E-state index contributed by atoms with van der Waals surface area (Å²) in [7, 11) is -0.899. The van der Waals surface area contributed by atoms with E-state index in [0.717, 1.165) is 11.5 Å². The van der Waals surface area contributed by atoms with Crippen LogP contribution in [0.3, 0.4) is 0 Å². The third-order valence-corrected chi connectivity index (χ3v) is 5.80. The zero-order chi connectivity index (χ0) is 12.8. The van der Waals surface area contributed by atoms with Crippen molar-refractivity contribution >= 4 is 12.6 Å². The second-order valence-corrected chi connectivity index (χ2v) is 9.18. The summed E-state index contributed by atoms with van der Waals surface area (Å²) in [5.74, 6) is 0.790. The molecule has 0 saturated carbocycles. The molecule has 0 spiro atoms. The van der Waals surface area contributed by atoms with E-state index in [0.29, 0.717) is 0 Å². The maximum Gasteiger partial charge on any atom is 0.0694 e. The van der Waals surface area contributed by atoms with Gasteiger partial charge in [0, 0.05) is 40.0 Å². The van der Waals surface area contributed by atoms with E-state index >= 15 is 0 Å². The van der Waals surface area contributed by atoms with Gasteiger partial charge in [0.2, 0.25) is 0 Å². The topological polar surface area (TPSA) is 0 Å². The maximum absolute atomic E-state index is 3.92. The van der Waals surface area contributed by atoms with Crippen molar-refractivity contribution in [3.63, 3.8) is 0 Å². The van der Waals surface area contributed by atoms with Crippen LogP contribution in [0.5, 0.6) is 0 Å². The molecule has 0 fully saturated rings. The van der Waals surface area contributed by atoms with Crippen LogP contribution in [0.25, 0.3) is 0 Å². The Morgan fingerprint density at radius 1 is 1.06 bits per heavy atom. The minimum absolute atomic E-state index is 0. The first-order valence-corrected chi connectivity index (χ1v) is 9.04. The molecule has 95 valence electrons. The van der Waals surface area contributed by atoms with Crippen molar-refractivity contribution in [1.82, 2.24) is 0 Å². The van der Waals surface area contributed by atoms with Crippen molar-refractivity contribution < 1.29 is 32.7 Å². The Labute approximate surface area is 134 Å². The van der Waals surface area contributed by atoms with E-state index in [2.05, 4.69) is 58.4 Å². The Morgan fingerprint density at radius 3 is 1.82 bits per heavy atom. The van der Waals surface area contributed by atoms with Gasteiger partial charge in [-0.1, -0.05) is 39.8 Å². The number of rotatable bonds is 3. The van der Waals surface area contributed by atoms with E-state index in [1.54, 1.807) is 0 Å². The predicted octanol–water partition coefficient (Wildman–Crippen LogP) is 4.45. The smallest absolute Gasteiger partial charge is 0.0694 e. The standard InChI is InChI=1S/C13H21P.C2H6.Y/c1-11(2)10-14(4,5)13-8-6-12(3)7-9-13;1-2;/h6-9,11H,3,10H2,1-2,4-5H3;1-2H3;. The van der Waals surface area contributed by atoms with E-state index in [1.807, 2.05) is 13.8 Å². The van der Waals surface area contributed by atoms with Crippen LogP contribution in [-0.2, 0) is 32.7 Å². The van der Waals surface area contributed by atoms with Crippen LogP contribution >= 0.6 is 7.26 Å². The minimum atomic E-state index is -0.899. The molecule has 2 heteroatoms. The van der Waals surface area contributed by atoms with Gasteiger partial charge in [-0.3, -0.25) is 0 Å². The summed E-state index contributed by atoms with van der Waals surface area (Å²) >= 11 is 0. The Balaban J connectivity index is 0. The van der Waals surface area contributed by atoms with E-state index in [1.165, 1.54) is 11.5 Å². The second-order valence-electron chi connectivity index (χ2n) is 4.93. The number of hydrogen-bond donors (Lipinski definition) is 0. The van der Waals surface area contributed by atoms with Gasteiger partial charge in [0.15, 0.2) is 0 Å². The number of hydrogen-bond acceptors (Lipinski definition) is 0. The van der Waals surface area contributed by atoms with Gasteiger partial charge in [-0.05, 0) is 5.92 Å². The van der Waals surface area contributed by atoms with Crippen molar-refractivity contribution in [2.75, 3.05) is 19.5 Å². The molecule has 0 aliphatic rings. The molecule has 0 bridgehead atoms. The Bertz CT molecular complexity index is 288. The summed E-state index contributed by atoms with van der Waals surface area (Å²) in [6.07, 6.45) is 1.34. The molecule has 0 aromatic heterocycles. The molecule has 0 unspecified atom stereocenters. The molecule has 0 N–H and O–H groups in total. The van der Waals surface area contributed by atoms with Gasteiger partial charge in [-0.25, -0.2) is 0 Å². The summed E-state index contributed by atoms with van der Waals surface area (Å²) in [5.41, 5.74) is 1.11. The van der Waals surface area contributed by atoms with Crippen molar-refractivity contribution in [3.8, 4) is 0 Å². The zero-order valence-electron chi connectivity index (χ0n) is 12.3. The fraction of sp³-hybridized carbons (Fsp3) is 0.533. The quantitative estimate of drug-likeness (QED) is 0.568. The Morgan fingerprint density at radius 2 is 1.47 bits per heavy atom. The van der Waals surface area contributed by atoms with Gasteiger partial charge in [-0.15, -0.1) is 0 Å². The molecule has 17 heavy (non-hydrogen) atoms. The molecule has 0 saturated heterocycles. The van der Waals surface area contributed by atoms with Crippen LogP contribution in [0.1, 0.15) is 33.3 Å². The first-order valence-electron chi connectivity index (χ1n) is 6.17. The summed E-state index contributed by atoms with van der Waals surface area (Å²) < 4.78 is 0. The van der Waals surface area contributed by atoms with Gasteiger partial charge >= 0.3 is 0 Å².